The molecule has 216 valence electrons. The first-order valence-corrected chi connectivity index (χ1v) is 14.6. The van der Waals surface area contributed by atoms with Gasteiger partial charge in [0.05, 0.1) is 11.1 Å². The second kappa shape index (κ2) is 11.8. The molecule has 3 aromatic rings. The molecule has 4 amide bonds. The summed E-state index contributed by atoms with van der Waals surface area (Å²) in [6.45, 7) is 4.28. The van der Waals surface area contributed by atoms with E-state index in [1.54, 1.807) is 24.4 Å². The normalized spacial score (nSPS) is 18.7. The van der Waals surface area contributed by atoms with Crippen molar-refractivity contribution >= 4 is 62.7 Å². The summed E-state index contributed by atoms with van der Waals surface area (Å²) in [6, 6.07) is 14.1. The Morgan fingerprint density at radius 3 is 2.45 bits per heavy atom. The molecule has 3 N–H and O–H groups in total. The van der Waals surface area contributed by atoms with Crippen LogP contribution in [0.4, 0.5) is 23.1 Å². The minimum atomic E-state index is -1.000. The zero-order chi connectivity index (χ0) is 29.2. The first-order chi connectivity index (χ1) is 20.4. The number of aromatic nitrogens is 2. The topological polar surface area (TPSA) is 140 Å². The van der Waals surface area contributed by atoms with Crippen LogP contribution in [-0.2, 0) is 9.59 Å². The third kappa shape index (κ3) is 5.51. The average Bonchev–Trinajstić information content (AvgIpc) is 3.25. The van der Waals surface area contributed by atoms with Crippen LogP contribution >= 0.6 is 15.9 Å². The Bertz CT molecular complexity index is 1560. The van der Waals surface area contributed by atoms with Crippen molar-refractivity contribution in [1.82, 2.24) is 20.2 Å². The lowest BCUT2D eigenvalue weighted by molar-refractivity contribution is -0.136. The molecule has 4 heterocycles. The summed E-state index contributed by atoms with van der Waals surface area (Å²) in [7, 11) is 0. The van der Waals surface area contributed by atoms with Gasteiger partial charge in [-0.2, -0.15) is 4.98 Å². The molecule has 42 heavy (non-hydrogen) atoms. The predicted octanol–water partition coefficient (Wildman–Crippen LogP) is 2.49. The van der Waals surface area contributed by atoms with Gasteiger partial charge >= 0.3 is 0 Å². The molecule has 0 saturated carbocycles. The fourth-order valence-corrected chi connectivity index (χ4v) is 5.87. The zero-order valence-electron chi connectivity index (χ0n) is 22.7. The highest BCUT2D eigenvalue weighted by Gasteiger charge is 2.45. The summed E-state index contributed by atoms with van der Waals surface area (Å²) >= 11 is 3.54. The molecule has 3 aliphatic rings. The summed E-state index contributed by atoms with van der Waals surface area (Å²) in [5, 5.41) is 8.74. The summed E-state index contributed by atoms with van der Waals surface area (Å²) in [5.41, 5.74) is 2.17. The van der Waals surface area contributed by atoms with Crippen LogP contribution in [0.25, 0.3) is 0 Å². The smallest absolute Gasteiger partial charge is 0.264 e. The Kier molecular flexibility index (Phi) is 7.74. The van der Waals surface area contributed by atoms with Gasteiger partial charge in [0.1, 0.15) is 11.9 Å². The third-order valence-electron chi connectivity index (χ3n) is 7.59. The first kappa shape index (κ1) is 27.6. The fraction of sp³-hybridized carbons (Fsp3) is 0.310. The molecule has 2 saturated heterocycles. The monoisotopic (exact) mass is 632 g/mol. The van der Waals surface area contributed by atoms with E-state index < -0.39 is 29.7 Å². The number of hydrogen-bond donors (Lipinski definition) is 3. The van der Waals surface area contributed by atoms with Crippen LogP contribution in [0.2, 0.25) is 0 Å². The number of rotatable bonds is 8. The van der Waals surface area contributed by atoms with Crippen molar-refractivity contribution in [3.05, 3.63) is 70.3 Å². The lowest BCUT2D eigenvalue weighted by Gasteiger charge is -2.36. The zero-order valence-corrected chi connectivity index (χ0v) is 24.3. The second-order valence-electron chi connectivity index (χ2n) is 10.2. The van der Waals surface area contributed by atoms with Crippen LogP contribution in [0, 0.1) is 0 Å². The molecule has 0 aliphatic carbocycles. The summed E-state index contributed by atoms with van der Waals surface area (Å²) in [5.74, 6) is -0.754. The highest BCUT2D eigenvalue weighted by atomic mass is 79.9. The van der Waals surface area contributed by atoms with Gasteiger partial charge < -0.3 is 20.4 Å². The summed E-state index contributed by atoms with van der Waals surface area (Å²) in [4.78, 5) is 64.9. The maximum absolute atomic E-state index is 13.3. The SMILES string of the molecule is O=C1CCC(N2C(=O)c3cccc(NCCNc4ccnc(N5CCN(c6cccc(Br)c6)CC5)n4)c3C2=O)C(=O)N1. The molecular formula is C29H29BrN8O4. The molecule has 0 bridgehead atoms. The highest BCUT2D eigenvalue weighted by molar-refractivity contribution is 9.10. The van der Waals surface area contributed by atoms with Gasteiger partial charge in [0, 0.05) is 67.7 Å². The van der Waals surface area contributed by atoms with Crippen LogP contribution in [0.5, 0.6) is 0 Å². The van der Waals surface area contributed by atoms with E-state index in [4.69, 9.17) is 0 Å². The number of piperidine rings is 1. The number of imide groups is 2. The highest BCUT2D eigenvalue weighted by Crippen LogP contribution is 2.32. The minimum absolute atomic E-state index is 0.0768. The number of halogens is 1. The van der Waals surface area contributed by atoms with Crippen molar-refractivity contribution in [1.29, 1.82) is 0 Å². The third-order valence-corrected chi connectivity index (χ3v) is 8.09. The van der Waals surface area contributed by atoms with Crippen LogP contribution < -0.4 is 25.8 Å². The molecule has 12 nitrogen and oxygen atoms in total. The van der Waals surface area contributed by atoms with E-state index in [1.807, 2.05) is 18.2 Å². The van der Waals surface area contributed by atoms with Crippen molar-refractivity contribution in [3.63, 3.8) is 0 Å². The number of amides is 4. The van der Waals surface area contributed by atoms with Gasteiger partial charge in [-0.25, -0.2) is 4.98 Å². The van der Waals surface area contributed by atoms with Crippen LogP contribution in [-0.4, -0.2) is 83.8 Å². The van der Waals surface area contributed by atoms with Crippen LogP contribution in [0.3, 0.4) is 0 Å². The van der Waals surface area contributed by atoms with Gasteiger partial charge in [-0.15, -0.1) is 0 Å². The van der Waals surface area contributed by atoms with E-state index in [-0.39, 0.29) is 24.0 Å². The van der Waals surface area contributed by atoms with Crippen LogP contribution in [0.15, 0.2) is 59.2 Å². The van der Waals surface area contributed by atoms with Crippen molar-refractivity contribution in [3.8, 4) is 0 Å². The Hall–Kier alpha value is -4.52. The van der Waals surface area contributed by atoms with Gasteiger partial charge in [-0.3, -0.25) is 29.4 Å². The van der Waals surface area contributed by atoms with E-state index in [2.05, 4.69) is 63.8 Å². The van der Waals surface area contributed by atoms with Crippen LogP contribution in [0.1, 0.15) is 33.6 Å². The van der Waals surface area contributed by atoms with E-state index in [9.17, 15) is 19.2 Å². The van der Waals surface area contributed by atoms with Gasteiger partial charge in [-0.1, -0.05) is 28.1 Å². The number of carbonyl (C=O) groups is 4. The molecule has 2 fully saturated rings. The second-order valence-corrected chi connectivity index (χ2v) is 11.1. The van der Waals surface area contributed by atoms with Gasteiger partial charge in [-0.05, 0) is 42.8 Å². The molecule has 6 rings (SSSR count). The average molecular weight is 634 g/mol. The molecule has 1 unspecified atom stereocenters. The van der Waals surface area contributed by atoms with Crippen molar-refractivity contribution in [2.45, 2.75) is 18.9 Å². The molecule has 0 spiro atoms. The summed E-state index contributed by atoms with van der Waals surface area (Å²) in [6.07, 6.45) is 1.93. The number of piperazine rings is 1. The Labute approximate surface area is 250 Å². The largest absolute Gasteiger partial charge is 0.383 e. The quantitative estimate of drug-likeness (QED) is 0.251. The molecule has 3 aliphatic heterocycles. The molecule has 13 heteroatoms. The lowest BCUT2D eigenvalue weighted by atomic mass is 10.0. The Morgan fingerprint density at radius 1 is 0.905 bits per heavy atom. The van der Waals surface area contributed by atoms with Gasteiger partial charge in [0.15, 0.2) is 0 Å². The van der Waals surface area contributed by atoms with E-state index in [0.29, 0.717) is 30.5 Å². The number of fused-ring (bicyclic) bond motifs is 1. The molecule has 1 atom stereocenters. The maximum atomic E-state index is 13.3. The number of nitrogens with one attached hydrogen (secondary N) is 3. The molecular weight excluding hydrogens is 604 g/mol. The lowest BCUT2D eigenvalue weighted by Crippen LogP contribution is -2.54. The number of anilines is 4. The molecule has 1 aromatic heterocycles. The molecule has 2 aromatic carbocycles. The maximum Gasteiger partial charge on any atom is 0.264 e. The van der Waals surface area contributed by atoms with Crippen molar-refractivity contribution in [2.75, 3.05) is 59.7 Å². The fourth-order valence-electron chi connectivity index (χ4n) is 5.49. The van der Waals surface area contributed by atoms with Crippen molar-refractivity contribution in [2.24, 2.45) is 0 Å². The number of hydrogen-bond acceptors (Lipinski definition) is 10. The predicted molar refractivity (Wildman–Crippen MR) is 161 cm³/mol. The number of nitrogens with zero attached hydrogens (tertiary/aromatic N) is 5. The van der Waals surface area contributed by atoms with E-state index in [0.717, 1.165) is 35.6 Å². The number of benzene rings is 2. The van der Waals surface area contributed by atoms with Crippen molar-refractivity contribution < 1.29 is 19.2 Å². The van der Waals surface area contributed by atoms with E-state index >= 15 is 0 Å². The first-order valence-electron chi connectivity index (χ1n) is 13.8. The number of carbonyl (C=O) groups excluding carboxylic acids is 4. The van der Waals surface area contributed by atoms with Gasteiger partial charge in [0.25, 0.3) is 11.8 Å². The standard InChI is InChI=1S/C29H29BrN8O4/c30-18-3-1-4-19(17-18)36-13-15-37(16-14-36)29-33-10-9-23(34-29)32-12-11-31-21-6-2-5-20-25(21)28(42)38(27(20)41)22-7-8-24(39)35-26(22)40/h1-6,9-10,17,22,31H,7-8,11-16H2,(H,32,33,34)(H,35,39,40). The Balaban J connectivity index is 1.04. The minimum Gasteiger partial charge on any atom is -0.383 e. The molecule has 0 radical (unpaired) electrons. The van der Waals surface area contributed by atoms with Gasteiger partial charge in [0.2, 0.25) is 17.8 Å². The van der Waals surface area contributed by atoms with E-state index in [1.165, 1.54) is 5.69 Å². The Morgan fingerprint density at radius 2 is 1.67 bits per heavy atom. The summed E-state index contributed by atoms with van der Waals surface area (Å²) < 4.78 is 1.06.